The molecule has 0 heterocycles. The van der Waals surface area contributed by atoms with Crippen LogP contribution in [0.4, 0.5) is 5.69 Å². The van der Waals surface area contributed by atoms with Crippen LogP contribution in [0.5, 0.6) is 0 Å². The predicted molar refractivity (Wildman–Crippen MR) is 88.8 cm³/mol. The van der Waals surface area contributed by atoms with Gasteiger partial charge in [0.1, 0.15) is 0 Å². The van der Waals surface area contributed by atoms with E-state index in [0.717, 1.165) is 16.8 Å². The van der Waals surface area contributed by atoms with Crippen molar-refractivity contribution in [3.8, 4) is 0 Å². The van der Waals surface area contributed by atoms with E-state index in [0.29, 0.717) is 31.3 Å². The molecule has 0 saturated carbocycles. The minimum atomic E-state index is -0.880. The summed E-state index contributed by atoms with van der Waals surface area (Å²) in [7, 11) is 0. The highest BCUT2D eigenvalue weighted by Crippen LogP contribution is 2.24. The van der Waals surface area contributed by atoms with Crippen LogP contribution in [0.15, 0.2) is 18.2 Å². The average molecular weight is 333 g/mol. The summed E-state index contributed by atoms with van der Waals surface area (Å²) in [4.78, 5) is 12.9. The Balaban J connectivity index is 2.99. The highest BCUT2D eigenvalue weighted by atomic mass is 35.5. The Hall–Kier alpha value is -0.970. The first-order valence-electron chi connectivity index (χ1n) is 6.91. The molecule has 6 heteroatoms. The second-order valence-corrected chi connectivity index (χ2v) is 5.82. The zero-order valence-electron chi connectivity index (χ0n) is 12.2. The third-order valence-electron chi connectivity index (χ3n) is 3.20. The molecule has 118 valence electrons. The summed E-state index contributed by atoms with van der Waals surface area (Å²) < 4.78 is 0. The number of rotatable bonds is 9. The van der Waals surface area contributed by atoms with Crippen molar-refractivity contribution in [2.75, 3.05) is 29.7 Å². The Morgan fingerprint density at radius 1 is 1.33 bits per heavy atom. The summed E-state index contributed by atoms with van der Waals surface area (Å²) >= 11 is 11.7. The van der Waals surface area contributed by atoms with Crippen molar-refractivity contribution in [3.05, 3.63) is 29.3 Å². The van der Waals surface area contributed by atoms with Crippen molar-refractivity contribution >= 4 is 34.9 Å². The van der Waals surface area contributed by atoms with Gasteiger partial charge in [0.05, 0.1) is 6.42 Å². The van der Waals surface area contributed by atoms with E-state index in [1.807, 2.05) is 25.1 Å². The third kappa shape index (κ3) is 6.12. The molecule has 0 radical (unpaired) electrons. The molecule has 0 aromatic heterocycles. The van der Waals surface area contributed by atoms with Gasteiger partial charge in [-0.25, -0.2) is 0 Å². The van der Waals surface area contributed by atoms with E-state index in [-0.39, 0.29) is 6.42 Å². The first-order valence-corrected chi connectivity index (χ1v) is 7.98. The van der Waals surface area contributed by atoms with Crippen LogP contribution in [-0.4, -0.2) is 42.0 Å². The lowest BCUT2D eigenvalue weighted by Gasteiger charge is -2.27. The number of nitrogens with two attached hydrogens (primary N) is 1. The summed E-state index contributed by atoms with van der Waals surface area (Å²) in [6, 6.07) is 5.69. The number of hydrogen-bond donors (Lipinski definition) is 2. The lowest BCUT2D eigenvalue weighted by atomic mass is 9.99. The predicted octanol–water partition coefficient (Wildman–Crippen LogP) is 2.62. The molecule has 1 rings (SSSR count). The SMILES string of the molecule is Cc1ccc(N(CCCl)CCCl)c(CC(N)CC(=O)O)c1. The van der Waals surface area contributed by atoms with Gasteiger partial charge in [0.25, 0.3) is 0 Å². The number of benzene rings is 1. The minimum Gasteiger partial charge on any atom is -0.481 e. The number of carbonyl (C=O) groups is 1. The van der Waals surface area contributed by atoms with Gasteiger partial charge >= 0.3 is 5.97 Å². The van der Waals surface area contributed by atoms with Gasteiger partial charge in [-0.3, -0.25) is 4.79 Å². The second kappa shape index (κ2) is 9.13. The fourth-order valence-electron chi connectivity index (χ4n) is 2.32. The molecule has 0 saturated heterocycles. The minimum absolute atomic E-state index is 0.0433. The number of aryl methyl sites for hydroxylation is 1. The lowest BCUT2D eigenvalue weighted by molar-refractivity contribution is -0.137. The molecule has 1 atom stereocenters. The van der Waals surface area contributed by atoms with Gasteiger partial charge in [-0.05, 0) is 25.0 Å². The number of carboxylic acids is 1. The first-order chi connectivity index (χ1) is 9.97. The number of alkyl halides is 2. The summed E-state index contributed by atoms with van der Waals surface area (Å²) in [5.41, 5.74) is 9.11. The van der Waals surface area contributed by atoms with Gasteiger partial charge in [-0.1, -0.05) is 17.7 Å². The molecule has 4 nitrogen and oxygen atoms in total. The van der Waals surface area contributed by atoms with Gasteiger partial charge in [-0.2, -0.15) is 0 Å². The van der Waals surface area contributed by atoms with Gasteiger partial charge in [0.15, 0.2) is 0 Å². The van der Waals surface area contributed by atoms with E-state index < -0.39 is 12.0 Å². The second-order valence-electron chi connectivity index (χ2n) is 5.06. The number of aliphatic carboxylic acids is 1. The van der Waals surface area contributed by atoms with Gasteiger partial charge in [-0.15, -0.1) is 23.2 Å². The zero-order chi connectivity index (χ0) is 15.8. The Morgan fingerprint density at radius 2 is 1.95 bits per heavy atom. The summed E-state index contributed by atoms with van der Waals surface area (Å²) in [5, 5.41) is 8.84. The van der Waals surface area contributed by atoms with Gasteiger partial charge in [0, 0.05) is 36.6 Å². The maximum absolute atomic E-state index is 10.8. The Kier molecular flexibility index (Phi) is 7.86. The van der Waals surface area contributed by atoms with E-state index in [9.17, 15) is 4.79 Å². The number of nitrogens with zero attached hydrogens (tertiary/aromatic N) is 1. The molecule has 0 aliphatic rings. The van der Waals surface area contributed by atoms with Crippen molar-refractivity contribution in [3.63, 3.8) is 0 Å². The van der Waals surface area contributed by atoms with Crippen molar-refractivity contribution in [1.29, 1.82) is 0 Å². The maximum Gasteiger partial charge on any atom is 0.304 e. The molecule has 0 aliphatic carbocycles. The fraction of sp³-hybridized carbons (Fsp3) is 0.533. The molecule has 1 aromatic carbocycles. The number of hydrogen-bond acceptors (Lipinski definition) is 3. The molecular weight excluding hydrogens is 311 g/mol. The van der Waals surface area contributed by atoms with Crippen molar-refractivity contribution in [2.45, 2.75) is 25.8 Å². The molecule has 0 fully saturated rings. The van der Waals surface area contributed by atoms with Gasteiger partial charge in [0.2, 0.25) is 0 Å². The number of anilines is 1. The number of halogens is 2. The lowest BCUT2D eigenvalue weighted by Crippen LogP contribution is -2.31. The molecule has 1 unspecified atom stereocenters. The van der Waals surface area contributed by atoms with Crippen LogP contribution in [0.2, 0.25) is 0 Å². The average Bonchev–Trinajstić information content (AvgIpc) is 2.37. The molecule has 3 N–H and O–H groups in total. The smallest absolute Gasteiger partial charge is 0.304 e. The van der Waals surface area contributed by atoms with E-state index in [1.54, 1.807) is 0 Å². The van der Waals surface area contributed by atoms with Crippen LogP contribution in [0.1, 0.15) is 17.5 Å². The number of carboxylic acid groups (broad SMARTS) is 1. The van der Waals surface area contributed by atoms with Crippen LogP contribution in [0.25, 0.3) is 0 Å². The van der Waals surface area contributed by atoms with Crippen LogP contribution in [0.3, 0.4) is 0 Å². The molecule has 0 bridgehead atoms. The zero-order valence-corrected chi connectivity index (χ0v) is 13.7. The van der Waals surface area contributed by atoms with Crippen molar-refractivity contribution in [2.24, 2.45) is 5.73 Å². The van der Waals surface area contributed by atoms with Crippen molar-refractivity contribution < 1.29 is 9.90 Å². The van der Waals surface area contributed by atoms with E-state index in [1.165, 1.54) is 0 Å². The Bertz CT molecular complexity index is 463. The fourth-order valence-corrected chi connectivity index (χ4v) is 2.73. The molecule has 0 amide bonds. The summed E-state index contributed by atoms with van der Waals surface area (Å²) in [6.45, 7) is 3.39. The Morgan fingerprint density at radius 3 is 2.48 bits per heavy atom. The first kappa shape index (κ1) is 18.1. The van der Waals surface area contributed by atoms with E-state index >= 15 is 0 Å². The maximum atomic E-state index is 10.8. The van der Waals surface area contributed by atoms with Gasteiger partial charge < -0.3 is 15.7 Å². The highest BCUT2D eigenvalue weighted by Gasteiger charge is 2.15. The molecule has 21 heavy (non-hydrogen) atoms. The van der Waals surface area contributed by atoms with E-state index in [4.69, 9.17) is 34.0 Å². The molecule has 1 aromatic rings. The third-order valence-corrected chi connectivity index (χ3v) is 3.54. The largest absolute Gasteiger partial charge is 0.481 e. The van der Waals surface area contributed by atoms with Crippen LogP contribution in [-0.2, 0) is 11.2 Å². The quantitative estimate of drug-likeness (QED) is 0.682. The van der Waals surface area contributed by atoms with Crippen molar-refractivity contribution in [1.82, 2.24) is 0 Å². The molecule has 0 spiro atoms. The van der Waals surface area contributed by atoms with E-state index in [2.05, 4.69) is 4.90 Å². The highest BCUT2D eigenvalue weighted by molar-refractivity contribution is 6.18. The summed E-state index contributed by atoms with van der Waals surface area (Å²) in [6.07, 6.45) is 0.475. The standard InChI is InChI=1S/C15H22Cl2N2O2/c1-11-2-3-14(19(6-4-16)7-5-17)12(8-11)9-13(18)10-15(20)21/h2-3,8,13H,4-7,9-10,18H2,1H3,(H,20,21). The monoisotopic (exact) mass is 332 g/mol. The topological polar surface area (TPSA) is 66.6 Å². The van der Waals surface area contributed by atoms with Crippen LogP contribution >= 0.6 is 23.2 Å². The summed E-state index contributed by atoms with van der Waals surface area (Å²) in [5.74, 6) is 0.131. The molecular formula is C15H22Cl2N2O2. The van der Waals surface area contributed by atoms with Crippen LogP contribution < -0.4 is 10.6 Å². The molecule has 0 aliphatic heterocycles. The Labute approximate surface area is 135 Å². The van der Waals surface area contributed by atoms with Crippen LogP contribution in [0, 0.1) is 6.92 Å². The normalized spacial score (nSPS) is 12.2.